The Labute approximate surface area is 183 Å². The van der Waals surface area contributed by atoms with Gasteiger partial charge in [-0.3, -0.25) is 0 Å². The van der Waals surface area contributed by atoms with Crippen LogP contribution in [0.15, 0.2) is 37.1 Å². The molecule has 2 rings (SSSR count). The summed E-state index contributed by atoms with van der Waals surface area (Å²) in [6.07, 6.45) is 0. The van der Waals surface area contributed by atoms with Gasteiger partial charge in [0.2, 0.25) is 9.84 Å². The average molecular weight is 722 g/mol. The van der Waals surface area contributed by atoms with Gasteiger partial charge in [0.1, 0.15) is 9.21 Å². The summed E-state index contributed by atoms with van der Waals surface area (Å²) < 4.78 is 29.4. The molecular weight excluding hydrogens is 716 g/mol. The van der Waals surface area contributed by atoms with E-state index in [0.29, 0.717) is 38.2 Å². The highest BCUT2D eigenvalue weighted by atomic mass is 79.9. The van der Waals surface area contributed by atoms with Gasteiger partial charge in [0.15, 0.2) is 10.1 Å². The molecule has 0 radical (unpaired) electrons. The Morgan fingerprint density at radius 1 is 0.652 bits per heavy atom. The molecule has 0 aliphatic heterocycles. The zero-order valence-corrected chi connectivity index (χ0v) is 21.7. The quantitative estimate of drug-likeness (QED) is 0.333. The number of nitrogens with zero attached hydrogens (tertiary/aromatic N) is 2. The van der Waals surface area contributed by atoms with Gasteiger partial charge in [-0.1, -0.05) is 0 Å². The van der Waals surface area contributed by atoms with Gasteiger partial charge >= 0.3 is 0 Å². The third kappa shape index (κ3) is 3.66. The van der Waals surface area contributed by atoms with Gasteiger partial charge in [0.25, 0.3) is 0 Å². The van der Waals surface area contributed by atoms with Crippen molar-refractivity contribution in [2.45, 2.75) is 23.9 Å². The Hall–Kier alpha value is 1.13. The molecule has 0 spiro atoms. The van der Waals surface area contributed by atoms with Crippen LogP contribution in [0.4, 0.5) is 0 Å². The molecule has 0 aliphatic carbocycles. The molecule has 2 aromatic rings. The van der Waals surface area contributed by atoms with Crippen molar-refractivity contribution in [2.24, 2.45) is 0 Å². The van der Waals surface area contributed by atoms with Crippen LogP contribution in [0.25, 0.3) is 0 Å². The number of aromatic nitrogens is 2. The fourth-order valence-electron chi connectivity index (χ4n) is 1.76. The molecule has 0 atom stereocenters. The SMILES string of the molecule is Cc1c(S(=O)(=O)c2nc(Br)c(Br)c(Br)c2C)nc(Br)c(Br)c1Br. The van der Waals surface area contributed by atoms with Crippen LogP contribution in [0, 0.1) is 13.8 Å². The number of hydrogen-bond donors (Lipinski definition) is 0. The molecule has 0 saturated heterocycles. The summed E-state index contributed by atoms with van der Waals surface area (Å²) in [5.41, 5.74) is 0.993. The Kier molecular flexibility index (Phi) is 6.58. The standard InChI is InChI=1S/C12H6Br6N2O2S/c1-3-5(13)7(15)9(17)19-11(3)23(21,22)12-4(2)6(14)8(16)10(18)20-12/h1-2H3. The lowest BCUT2D eigenvalue weighted by Gasteiger charge is -2.14. The lowest BCUT2D eigenvalue weighted by molar-refractivity contribution is 0.585. The molecule has 0 bridgehead atoms. The van der Waals surface area contributed by atoms with Gasteiger partial charge in [-0.2, -0.15) is 0 Å². The van der Waals surface area contributed by atoms with Crippen LogP contribution in [-0.2, 0) is 9.84 Å². The monoisotopic (exact) mass is 716 g/mol. The number of halogens is 6. The molecule has 11 heteroatoms. The summed E-state index contributed by atoms with van der Waals surface area (Å²) in [5.74, 6) is 0. The number of hydrogen-bond acceptors (Lipinski definition) is 4. The Bertz CT molecular complexity index is 861. The van der Waals surface area contributed by atoms with E-state index in [0.717, 1.165) is 0 Å². The zero-order valence-electron chi connectivity index (χ0n) is 11.4. The topological polar surface area (TPSA) is 59.9 Å². The first-order valence-corrected chi connectivity index (χ1v) is 12.0. The second-order valence-corrected chi connectivity index (χ2v) is 10.9. The minimum atomic E-state index is -3.91. The maximum atomic E-state index is 13.1. The van der Waals surface area contributed by atoms with Crippen molar-refractivity contribution in [1.29, 1.82) is 0 Å². The number of sulfone groups is 1. The number of pyridine rings is 2. The molecule has 0 unspecified atom stereocenters. The van der Waals surface area contributed by atoms with Crippen molar-refractivity contribution >= 4 is 105 Å². The predicted molar refractivity (Wildman–Crippen MR) is 110 cm³/mol. The lowest BCUT2D eigenvalue weighted by atomic mass is 10.3. The molecular formula is C12H6Br6N2O2S. The fraction of sp³-hybridized carbons (Fsp3) is 0.167. The first-order chi connectivity index (χ1) is 10.5. The third-order valence-electron chi connectivity index (χ3n) is 2.96. The molecule has 2 aromatic heterocycles. The summed E-state index contributed by atoms with van der Waals surface area (Å²) in [7, 11) is -3.91. The summed E-state index contributed by atoms with van der Waals surface area (Å²) in [4.78, 5) is 8.35. The largest absolute Gasteiger partial charge is 0.241 e. The normalized spacial score (nSPS) is 11.8. The third-order valence-corrected chi connectivity index (χ3v) is 11.6. The maximum Gasteiger partial charge on any atom is 0.241 e. The Morgan fingerprint density at radius 2 is 0.957 bits per heavy atom. The van der Waals surface area contributed by atoms with E-state index >= 15 is 0 Å². The molecule has 4 nitrogen and oxygen atoms in total. The smallest absolute Gasteiger partial charge is 0.227 e. The summed E-state index contributed by atoms with van der Waals surface area (Å²) in [6, 6.07) is 0. The van der Waals surface area contributed by atoms with Crippen molar-refractivity contribution in [3.05, 3.63) is 38.2 Å². The van der Waals surface area contributed by atoms with Crippen molar-refractivity contribution < 1.29 is 8.42 Å². The van der Waals surface area contributed by atoms with Crippen LogP contribution in [0.3, 0.4) is 0 Å². The first-order valence-electron chi connectivity index (χ1n) is 5.77. The molecule has 0 N–H and O–H groups in total. The predicted octanol–water partition coefficient (Wildman–Crippen LogP) is 6.50. The van der Waals surface area contributed by atoms with Crippen LogP contribution in [0.1, 0.15) is 11.1 Å². The highest BCUT2D eigenvalue weighted by Gasteiger charge is 2.30. The van der Waals surface area contributed by atoms with E-state index in [1.807, 2.05) is 0 Å². The van der Waals surface area contributed by atoms with Crippen LogP contribution in [0.5, 0.6) is 0 Å². The van der Waals surface area contributed by atoms with E-state index in [9.17, 15) is 8.42 Å². The summed E-state index contributed by atoms with van der Waals surface area (Å²) in [6.45, 7) is 3.36. The molecule has 0 amide bonds. The van der Waals surface area contributed by atoms with Crippen LogP contribution in [0.2, 0.25) is 0 Å². The highest BCUT2D eigenvalue weighted by Crippen LogP contribution is 2.39. The van der Waals surface area contributed by atoms with Crippen molar-refractivity contribution in [2.75, 3.05) is 0 Å². The number of rotatable bonds is 2. The van der Waals surface area contributed by atoms with Crippen LogP contribution in [-0.4, -0.2) is 18.4 Å². The second kappa shape index (κ2) is 7.40. The second-order valence-electron chi connectivity index (χ2n) is 4.42. The molecule has 0 aromatic carbocycles. The Morgan fingerprint density at radius 3 is 1.26 bits per heavy atom. The lowest BCUT2D eigenvalue weighted by Crippen LogP contribution is -2.12. The molecule has 124 valence electrons. The molecule has 0 fully saturated rings. The highest BCUT2D eigenvalue weighted by molar-refractivity contribution is 9.14. The van der Waals surface area contributed by atoms with Crippen LogP contribution < -0.4 is 0 Å². The van der Waals surface area contributed by atoms with Gasteiger partial charge < -0.3 is 0 Å². The minimum absolute atomic E-state index is 0.0591. The van der Waals surface area contributed by atoms with E-state index in [1.54, 1.807) is 13.8 Å². The minimum Gasteiger partial charge on any atom is -0.227 e. The zero-order chi connectivity index (χ0) is 17.7. The van der Waals surface area contributed by atoms with E-state index in [2.05, 4.69) is 106 Å². The molecule has 2 heterocycles. The van der Waals surface area contributed by atoms with Gasteiger partial charge in [-0.15, -0.1) is 0 Å². The molecule has 0 aliphatic rings. The molecule has 23 heavy (non-hydrogen) atoms. The summed E-state index contributed by atoms with van der Waals surface area (Å²) in [5, 5.41) is -0.118. The average Bonchev–Trinajstić information content (AvgIpc) is 2.49. The maximum absolute atomic E-state index is 13.1. The fourth-order valence-corrected chi connectivity index (χ4v) is 6.68. The Balaban J connectivity index is 2.85. The van der Waals surface area contributed by atoms with Crippen LogP contribution >= 0.6 is 95.6 Å². The van der Waals surface area contributed by atoms with Gasteiger partial charge in [-0.25, -0.2) is 18.4 Å². The van der Waals surface area contributed by atoms with E-state index in [1.165, 1.54) is 0 Å². The first kappa shape index (κ1) is 20.4. The van der Waals surface area contributed by atoms with Gasteiger partial charge in [0, 0.05) is 20.1 Å². The van der Waals surface area contributed by atoms with Crippen molar-refractivity contribution in [3.8, 4) is 0 Å². The molecule has 0 saturated carbocycles. The van der Waals surface area contributed by atoms with E-state index in [4.69, 9.17) is 0 Å². The van der Waals surface area contributed by atoms with Crippen molar-refractivity contribution in [3.63, 3.8) is 0 Å². The van der Waals surface area contributed by atoms with E-state index in [-0.39, 0.29) is 10.1 Å². The van der Waals surface area contributed by atoms with Gasteiger partial charge in [-0.05, 0) is 109 Å². The van der Waals surface area contributed by atoms with Crippen molar-refractivity contribution in [1.82, 2.24) is 9.97 Å². The van der Waals surface area contributed by atoms with E-state index < -0.39 is 9.84 Å². The summed E-state index contributed by atoms with van der Waals surface area (Å²) >= 11 is 20.0. The van der Waals surface area contributed by atoms with Gasteiger partial charge in [0.05, 0.1) is 8.95 Å².